The van der Waals surface area contributed by atoms with Gasteiger partial charge in [0.1, 0.15) is 0 Å². The molecule has 134 heavy (non-hydrogen) atoms. The van der Waals surface area contributed by atoms with E-state index in [4.69, 9.17) is 55.8 Å². The standard InChI is InChI=1S/C26H34GeN.C24H30GeN.C23H28GeN.C21H24GeN.4C5H10O2.4Ir/c1-17(2)27(18(3)4,19(5)6)25-10-9-22-15-26(28-16-24(22)14-25)23-12-20(7)11-21(8)13-23;1-17(2)25(18(3)4,19(5)6)23-13-12-21-15-24(26-16-22(21)14-23)20-10-8-7-9-11-20;1-6-24(7-2,8-3)21-10-9-19-11-12-25-23(22(19)16-21)20-14-17(4)13-18(5)15-20;1-4-22(5-2,6-3)20-14-10-13-19-18(20)15-16-23-21(19)17-11-8-7-9-12-17;4*1-4(6)3-5(2)7;;;;/h9-12,14-19H,1-8H3;7-10,12-19H,1-6H3;9-14,16H,6-8H2,1-5H3;7-11,13-16H,4-6H2,1-3H3;4*3-4,6-7H,1-2H3;;;;/q4*-1;;;;;;;;. The van der Waals surface area contributed by atoms with Gasteiger partial charge in [-0.3, -0.25) is 0 Å². The van der Waals surface area contributed by atoms with Gasteiger partial charge in [-0.25, -0.2) is 0 Å². The third kappa shape index (κ3) is 35.7. The number of fused-ring (bicyclic) bond motifs is 4. The summed E-state index contributed by atoms with van der Waals surface area (Å²) in [4.78, 5) is 18.9. The van der Waals surface area contributed by atoms with Crippen molar-refractivity contribution in [2.75, 3.05) is 0 Å². The SMILES string of the molecule is CC(O)=CC(C)O.CC(O)=CC(C)O.CC(O)=CC(C)O.CC(O)=CC(C)O.C[CH2][Ge]([CH2]C)([CH2]C)[c]1ccc2ccnc(-c3[c-]c(C)cc(C)c3)c2c1.C[CH2][Ge]([CH2]C)([CH2]C)[c]1cccc2c(-c3[c-]cccc3)nccc12.C[CH](C)[Ge]([c]1ccc2cc(-c3[c-]cccc3)ncc2c1)([CH](C)C)[CH](C)C.Cc1[c-]c(-c2cc3cc[c]([Ge]([CH](C)C)([CH](C)C)[CH](C)C)cc3cn2)cc(C)c1.[Ir].[Ir].[Ir].[Ir]. The molecule has 20 heteroatoms. The van der Waals surface area contributed by atoms with Crippen molar-refractivity contribution in [3.05, 3.63) is 289 Å². The van der Waals surface area contributed by atoms with Gasteiger partial charge in [0, 0.05) is 80.4 Å². The summed E-state index contributed by atoms with van der Waals surface area (Å²) in [6.45, 7) is 64.5. The molecule has 4 aromatic heterocycles. The van der Waals surface area contributed by atoms with Crippen LogP contribution in [0.3, 0.4) is 0 Å². The molecule has 12 rings (SSSR count). The molecular weight excluding hydrogens is 2610 g/mol. The summed E-state index contributed by atoms with van der Waals surface area (Å²) in [6, 6.07) is 75.6. The number of rotatable bonds is 24. The Morgan fingerprint density at radius 2 is 0.672 bits per heavy atom. The van der Waals surface area contributed by atoms with Crippen LogP contribution in [-0.2, 0) is 80.4 Å². The fourth-order valence-electron chi connectivity index (χ4n) is 19.9. The molecule has 4 radical (unpaired) electrons. The molecule has 0 aliphatic carbocycles. The van der Waals surface area contributed by atoms with Crippen LogP contribution in [0.5, 0.6) is 0 Å². The molecule has 4 atom stereocenters. The van der Waals surface area contributed by atoms with Gasteiger partial charge in [-0.2, -0.15) is 0 Å². The molecule has 0 aliphatic heterocycles. The van der Waals surface area contributed by atoms with Crippen molar-refractivity contribution in [2.24, 2.45) is 0 Å². The van der Waals surface area contributed by atoms with Crippen LogP contribution in [0.4, 0.5) is 0 Å². The summed E-state index contributed by atoms with van der Waals surface area (Å²) in [5.41, 5.74) is 13.3. The second-order valence-corrected chi connectivity index (χ2v) is 83.9. The Labute approximate surface area is 871 Å². The Morgan fingerprint density at radius 1 is 0.321 bits per heavy atom. The summed E-state index contributed by atoms with van der Waals surface area (Å²) in [6.07, 6.45) is 11.3. The third-order valence-corrected chi connectivity index (χ3v) is 78.8. The molecule has 12 nitrogen and oxygen atoms in total. The molecule has 736 valence electrons. The predicted octanol–water partition coefficient (Wildman–Crippen LogP) is 28.6. The van der Waals surface area contributed by atoms with E-state index in [0.717, 1.165) is 79.1 Å². The number of benzene rings is 8. The maximum atomic E-state index is 8.49. The van der Waals surface area contributed by atoms with Crippen LogP contribution in [0.1, 0.15) is 202 Å². The van der Waals surface area contributed by atoms with Crippen LogP contribution in [0, 0.1) is 52.0 Å². The van der Waals surface area contributed by atoms with E-state index in [1.54, 1.807) is 45.3 Å². The molecule has 0 fully saturated rings. The van der Waals surface area contributed by atoms with Crippen molar-refractivity contribution in [3.8, 4) is 45.0 Å². The molecule has 0 spiro atoms. The van der Waals surface area contributed by atoms with Gasteiger partial charge in [0.05, 0.1) is 47.5 Å². The molecule has 0 bridgehead atoms. The first-order valence-electron chi connectivity index (χ1n) is 47.1. The number of pyridine rings is 4. The Hall–Kier alpha value is -5.83. The zero-order valence-corrected chi connectivity index (χ0v) is 103. The Balaban J connectivity index is 0.000000807. The van der Waals surface area contributed by atoms with Gasteiger partial charge in [-0.15, -0.1) is 0 Å². The maximum Gasteiger partial charge on any atom is 0 e. The van der Waals surface area contributed by atoms with Gasteiger partial charge in [0.25, 0.3) is 0 Å². The molecule has 8 aromatic carbocycles. The first-order valence-corrected chi connectivity index (χ1v) is 67.4. The summed E-state index contributed by atoms with van der Waals surface area (Å²) < 4.78 is 11.1. The van der Waals surface area contributed by atoms with Gasteiger partial charge in [0.2, 0.25) is 0 Å². The molecule has 0 amide bonds. The van der Waals surface area contributed by atoms with Gasteiger partial charge >= 0.3 is 632 Å². The second-order valence-electron chi connectivity index (χ2n) is 37.2. The van der Waals surface area contributed by atoms with Crippen molar-refractivity contribution in [1.82, 2.24) is 19.9 Å². The first-order chi connectivity index (χ1) is 61.3. The van der Waals surface area contributed by atoms with Crippen molar-refractivity contribution in [1.29, 1.82) is 0 Å². The number of aliphatic hydroxyl groups is 8. The number of hydrogen-bond acceptors (Lipinski definition) is 12. The van der Waals surface area contributed by atoms with Gasteiger partial charge in [-0.05, 0) is 79.7 Å². The maximum absolute atomic E-state index is 8.49. The fraction of sp³-hybridized carbons (Fsp3) is 0.404. The van der Waals surface area contributed by atoms with Crippen LogP contribution in [-0.4, -0.2) is 138 Å². The molecule has 0 saturated heterocycles. The third-order valence-electron chi connectivity index (χ3n) is 25.7. The zero-order valence-electron chi connectivity index (χ0n) is 85.5. The fourth-order valence-corrected chi connectivity index (χ4v) is 64.1. The van der Waals surface area contributed by atoms with Gasteiger partial charge in [-0.1, -0.05) is 0 Å². The minimum atomic E-state index is -2.28. The predicted molar refractivity (Wildman–Crippen MR) is 570 cm³/mol. The minimum absolute atomic E-state index is 0. The van der Waals surface area contributed by atoms with Gasteiger partial charge < -0.3 is 40.9 Å². The van der Waals surface area contributed by atoms with E-state index in [9.17, 15) is 0 Å². The van der Waals surface area contributed by atoms with Crippen LogP contribution >= 0.6 is 0 Å². The van der Waals surface area contributed by atoms with E-state index in [-0.39, 0.29) is 103 Å². The average Bonchev–Trinajstić information content (AvgIpc) is 0.761. The van der Waals surface area contributed by atoms with Crippen LogP contribution in [0.25, 0.3) is 88.1 Å². The Morgan fingerprint density at radius 3 is 1.02 bits per heavy atom. The van der Waals surface area contributed by atoms with E-state index in [1.807, 2.05) is 48.9 Å². The van der Waals surface area contributed by atoms with E-state index < -0.39 is 77.5 Å². The second kappa shape index (κ2) is 61.0. The van der Waals surface area contributed by atoms with Crippen LogP contribution in [0.15, 0.2) is 242 Å². The smallest absolute Gasteiger partial charge is 0 e. The topological polar surface area (TPSA) is 213 Å². The van der Waals surface area contributed by atoms with Crippen molar-refractivity contribution in [2.45, 2.75) is 292 Å². The monoisotopic (exact) mass is 2780 g/mol. The summed E-state index contributed by atoms with van der Waals surface area (Å²) in [5.74, 6) is 0.648. The number of nitrogens with zero attached hydrogens (tertiary/aromatic N) is 4. The van der Waals surface area contributed by atoms with E-state index in [2.05, 4.69) is 327 Å². The first kappa shape index (κ1) is 126. The molecule has 4 unspecified atom stereocenters. The quantitative estimate of drug-likeness (QED) is 0.0161. The molecular formula is C114H156Ge4Ir4N4O8-4. The largest absolute Gasteiger partial charge is 0 e. The van der Waals surface area contributed by atoms with Crippen molar-refractivity contribution >= 4 is 114 Å². The molecule has 0 saturated carbocycles. The molecule has 4 heterocycles. The van der Waals surface area contributed by atoms with E-state index in [1.165, 1.54) is 143 Å². The number of allylic oxidation sites excluding steroid dienone is 4. The Kier molecular flexibility index (Phi) is 57.4. The summed E-state index contributed by atoms with van der Waals surface area (Å²) in [7, 11) is 0. The number of aromatic nitrogens is 4. The normalized spacial score (nSPS) is 12.8. The molecule has 0 aliphatic rings. The zero-order chi connectivity index (χ0) is 97.3. The van der Waals surface area contributed by atoms with Gasteiger partial charge in [0.15, 0.2) is 0 Å². The summed E-state index contributed by atoms with van der Waals surface area (Å²) in [5, 5.41) is 86.1. The van der Waals surface area contributed by atoms with Crippen LogP contribution < -0.4 is 17.6 Å². The minimum Gasteiger partial charge on any atom is 0 e. The number of aliphatic hydroxyl groups excluding tert-OH is 8. The van der Waals surface area contributed by atoms with E-state index >= 15 is 0 Å². The number of hydrogen-bond donors (Lipinski definition) is 8. The van der Waals surface area contributed by atoms with Crippen LogP contribution in [0.2, 0.25) is 60.0 Å². The van der Waals surface area contributed by atoms with E-state index in [0.29, 0.717) is 0 Å². The summed E-state index contributed by atoms with van der Waals surface area (Å²) >= 11 is -8.52. The van der Waals surface area contributed by atoms with Crippen molar-refractivity contribution < 1.29 is 121 Å². The Bertz CT molecular complexity index is 5450. The molecule has 8 N–H and O–H groups in total. The molecule has 12 aromatic rings. The number of aryl methyl sites for hydroxylation is 4. The average molecular weight is 2770 g/mol. The van der Waals surface area contributed by atoms with Crippen molar-refractivity contribution in [3.63, 3.8) is 0 Å².